The van der Waals surface area contributed by atoms with Crippen LogP contribution >= 0.6 is 0 Å². The Bertz CT molecular complexity index is 5780. The molecule has 13 aromatic carbocycles. The Hall–Kier alpha value is -10.9. The van der Waals surface area contributed by atoms with Crippen molar-refractivity contribution in [2.75, 3.05) is 9.80 Å². The van der Waals surface area contributed by atoms with Crippen LogP contribution in [0.5, 0.6) is 0 Å². The maximum Gasteiger partial charge on any atom is 0.252 e. The van der Waals surface area contributed by atoms with Gasteiger partial charge in [-0.05, 0) is 202 Å². The molecule has 0 bridgehead atoms. The molecular weight excluding hydrogens is 1290 g/mol. The smallest absolute Gasteiger partial charge is 0.252 e. The van der Waals surface area contributed by atoms with Crippen molar-refractivity contribution >= 4 is 101 Å². The molecule has 5 heteroatoms. The molecule has 0 saturated carbocycles. The Morgan fingerprint density at radius 2 is 0.523 bits per heavy atom. The van der Waals surface area contributed by atoms with Gasteiger partial charge in [-0.1, -0.05) is 301 Å². The molecular formula is C102H99BN4. The third-order valence-corrected chi connectivity index (χ3v) is 23.2. The highest BCUT2D eigenvalue weighted by Gasteiger charge is 2.46. The Kier molecular flexibility index (Phi) is 16.1. The van der Waals surface area contributed by atoms with Gasteiger partial charge in [0.15, 0.2) is 0 Å². The second-order valence-corrected chi connectivity index (χ2v) is 36.7. The molecule has 2 aliphatic heterocycles. The molecule has 0 aliphatic carbocycles. The summed E-state index contributed by atoms with van der Waals surface area (Å²) in [7, 11) is 0. The molecule has 2 aromatic heterocycles. The van der Waals surface area contributed by atoms with Gasteiger partial charge in [0.25, 0.3) is 6.71 Å². The topological polar surface area (TPSA) is 16.3 Å². The zero-order chi connectivity index (χ0) is 74.8. The molecule has 0 amide bonds. The number of benzene rings is 13. The molecule has 0 fully saturated rings. The Balaban J connectivity index is 1.05. The van der Waals surface area contributed by atoms with Crippen LogP contribution in [0.4, 0.5) is 34.1 Å². The predicted octanol–water partition coefficient (Wildman–Crippen LogP) is 26.4. The van der Waals surface area contributed by atoms with E-state index in [1.807, 2.05) is 0 Å². The fraction of sp³-hybridized carbons (Fsp3) is 0.235. The maximum atomic E-state index is 2.71. The van der Waals surface area contributed by atoms with E-state index < -0.39 is 0 Å². The molecule has 0 atom stereocenters. The molecule has 4 heterocycles. The lowest BCUT2D eigenvalue weighted by Crippen LogP contribution is -2.61. The van der Waals surface area contributed by atoms with Crippen LogP contribution in [-0.4, -0.2) is 15.8 Å². The number of rotatable bonds is 8. The van der Waals surface area contributed by atoms with Gasteiger partial charge in [-0.25, -0.2) is 0 Å². The minimum absolute atomic E-state index is 0.0535. The molecule has 0 unspecified atom stereocenters. The van der Waals surface area contributed by atoms with Gasteiger partial charge in [0.05, 0.1) is 33.4 Å². The van der Waals surface area contributed by atoms with Crippen molar-refractivity contribution in [3.05, 3.63) is 306 Å². The maximum absolute atomic E-state index is 2.71. The average Bonchev–Trinajstić information content (AvgIpc) is 1.03. The van der Waals surface area contributed by atoms with Crippen LogP contribution in [0, 0.1) is 0 Å². The summed E-state index contributed by atoms with van der Waals surface area (Å²) in [6.07, 6.45) is 0. The number of fused-ring (bicyclic) bond motifs is 10. The highest BCUT2D eigenvalue weighted by Crippen LogP contribution is 2.55. The van der Waals surface area contributed by atoms with E-state index >= 15 is 0 Å². The molecule has 0 N–H and O–H groups in total. The monoisotopic (exact) mass is 1390 g/mol. The molecule has 107 heavy (non-hydrogen) atoms. The van der Waals surface area contributed by atoms with E-state index in [-0.39, 0.29) is 39.2 Å². The van der Waals surface area contributed by atoms with Crippen LogP contribution in [0.3, 0.4) is 0 Å². The molecule has 0 spiro atoms. The zero-order valence-corrected chi connectivity index (χ0v) is 65.8. The quantitative estimate of drug-likeness (QED) is 0.141. The summed E-state index contributed by atoms with van der Waals surface area (Å²) in [5.41, 5.74) is 34.1. The number of anilines is 6. The van der Waals surface area contributed by atoms with Crippen molar-refractivity contribution < 1.29 is 0 Å². The number of aromatic nitrogens is 2. The summed E-state index contributed by atoms with van der Waals surface area (Å²) >= 11 is 0. The van der Waals surface area contributed by atoms with E-state index in [2.05, 4.69) is 417 Å². The first kappa shape index (κ1) is 69.2. The van der Waals surface area contributed by atoms with Gasteiger partial charge >= 0.3 is 0 Å². The molecule has 0 saturated heterocycles. The van der Waals surface area contributed by atoms with Gasteiger partial charge in [0, 0.05) is 77.9 Å². The molecule has 2 aliphatic rings. The fourth-order valence-corrected chi connectivity index (χ4v) is 17.1. The molecule has 15 aromatic rings. The summed E-state index contributed by atoms with van der Waals surface area (Å²) in [6, 6.07) is 106. The average molecular weight is 1390 g/mol. The SMILES string of the molecule is CC(C)(C)c1cc(-c2ccccc2)c(N2c3cc(-n4c5ccc(C(C)(C)C)cc5c5cc(C(C)(C)C)ccc54)ccc3B3c4ccc(-n5c6cc(C(C)(C)C)ccc6c6ccc(C(C)(C)C)cc65)cc4N(c4c(-c5ccccc5)cc(C(C)(C)C)cc4-c4ccccc4)c4cccc2c43)c(-c2ccccc2)c1. The summed E-state index contributed by atoms with van der Waals surface area (Å²) in [5.74, 6) is 0. The Morgan fingerprint density at radius 3 is 0.841 bits per heavy atom. The van der Waals surface area contributed by atoms with Crippen LogP contribution in [-0.2, 0) is 32.5 Å². The van der Waals surface area contributed by atoms with Gasteiger partial charge in [-0.3, -0.25) is 0 Å². The number of nitrogens with zero attached hydrogens (tertiary/aromatic N) is 4. The van der Waals surface area contributed by atoms with Gasteiger partial charge in [-0.15, -0.1) is 0 Å². The second-order valence-electron chi connectivity index (χ2n) is 36.7. The first-order valence-electron chi connectivity index (χ1n) is 38.7. The van der Waals surface area contributed by atoms with Crippen LogP contribution in [0.2, 0.25) is 0 Å². The summed E-state index contributed by atoms with van der Waals surface area (Å²) in [4.78, 5) is 5.43. The van der Waals surface area contributed by atoms with Crippen LogP contribution in [0.25, 0.3) is 99.5 Å². The lowest BCUT2D eigenvalue weighted by molar-refractivity contribution is 0.590. The standard InChI is InChI=1S/C102H99BN4/c1-97(2,3)68-44-52-86-82(54-68)83-55-69(98(4,5)6)45-53-87(83)104(86)74-46-50-84-92(62-74)106(95-78(64-32-23-19-24-33-64)56-72(101(13,14)15)57-79(95)65-34-25-20-26-35-65)88-40-31-41-89-94(88)103(84)85-51-47-75(105-90-60-70(99(7,8)9)42-48-76(90)77-49-43-71(61-91(77)105)100(10,11)12)63-93(85)107(89)96-80(66-36-27-21-28-37-66)58-73(102(16,17)18)59-81(96)67-38-29-22-30-39-67/h19-63H,1-18H3. The second kappa shape index (κ2) is 24.9. The van der Waals surface area contributed by atoms with Crippen LogP contribution in [0.1, 0.15) is 158 Å². The molecule has 0 radical (unpaired) electrons. The van der Waals surface area contributed by atoms with Gasteiger partial charge in [-0.2, -0.15) is 0 Å². The summed E-state index contributed by atoms with van der Waals surface area (Å²) < 4.78 is 5.16. The van der Waals surface area contributed by atoms with E-state index in [0.29, 0.717) is 0 Å². The lowest BCUT2D eigenvalue weighted by Gasteiger charge is -2.46. The first-order valence-corrected chi connectivity index (χ1v) is 38.7. The minimum atomic E-state index is -0.231. The Labute approximate surface area is 635 Å². The van der Waals surface area contributed by atoms with Crippen molar-refractivity contribution in [3.8, 4) is 55.9 Å². The summed E-state index contributed by atoms with van der Waals surface area (Å²) in [5, 5.41) is 5.03. The fourth-order valence-electron chi connectivity index (χ4n) is 17.1. The molecule has 17 rings (SSSR count). The zero-order valence-electron chi connectivity index (χ0n) is 65.8. The van der Waals surface area contributed by atoms with Crippen molar-refractivity contribution in [2.45, 2.75) is 157 Å². The van der Waals surface area contributed by atoms with Crippen LogP contribution < -0.4 is 26.2 Å². The largest absolute Gasteiger partial charge is 0.310 e. The first-order chi connectivity index (χ1) is 50.9. The summed E-state index contributed by atoms with van der Waals surface area (Å²) in [6.45, 7) is 42.0. The van der Waals surface area contributed by atoms with E-state index in [0.717, 1.165) is 67.8 Å². The van der Waals surface area contributed by atoms with E-state index in [1.165, 1.54) is 116 Å². The Morgan fingerprint density at radius 1 is 0.224 bits per heavy atom. The van der Waals surface area contributed by atoms with Crippen LogP contribution in [0.15, 0.2) is 273 Å². The van der Waals surface area contributed by atoms with Crippen molar-refractivity contribution in [2.24, 2.45) is 0 Å². The number of hydrogen-bond acceptors (Lipinski definition) is 2. The molecule has 4 nitrogen and oxygen atoms in total. The third-order valence-electron chi connectivity index (χ3n) is 23.2. The highest BCUT2D eigenvalue weighted by molar-refractivity contribution is 7.00. The van der Waals surface area contributed by atoms with E-state index in [4.69, 9.17) is 0 Å². The third kappa shape index (κ3) is 11.7. The van der Waals surface area contributed by atoms with Crippen molar-refractivity contribution in [1.82, 2.24) is 9.13 Å². The van der Waals surface area contributed by atoms with Gasteiger partial charge < -0.3 is 18.9 Å². The van der Waals surface area contributed by atoms with E-state index in [9.17, 15) is 0 Å². The molecule has 530 valence electrons. The minimum Gasteiger partial charge on any atom is -0.310 e. The van der Waals surface area contributed by atoms with E-state index in [1.54, 1.807) is 0 Å². The normalized spacial score (nSPS) is 13.5. The van der Waals surface area contributed by atoms with Crippen molar-refractivity contribution in [3.63, 3.8) is 0 Å². The number of hydrogen-bond donors (Lipinski definition) is 0. The van der Waals surface area contributed by atoms with Crippen molar-refractivity contribution in [1.29, 1.82) is 0 Å². The van der Waals surface area contributed by atoms with Gasteiger partial charge in [0.1, 0.15) is 0 Å². The lowest BCUT2D eigenvalue weighted by atomic mass is 9.33. The van der Waals surface area contributed by atoms with Gasteiger partial charge in [0.2, 0.25) is 0 Å². The predicted molar refractivity (Wildman–Crippen MR) is 463 cm³/mol. The highest BCUT2D eigenvalue weighted by atomic mass is 15.2.